The third-order valence-electron chi connectivity index (χ3n) is 4.10. The SMILES string of the molecule is CCOC(=O)c1cnc2n(c1=O)C(C)CC=C2N/N=C/c1ccc(Cl)cc1. The molecule has 140 valence electrons. The van der Waals surface area contributed by atoms with E-state index in [-0.39, 0.29) is 18.2 Å². The van der Waals surface area contributed by atoms with Crippen molar-refractivity contribution in [3.8, 4) is 0 Å². The molecule has 0 fully saturated rings. The molecule has 2 aromatic rings. The molecule has 1 aliphatic heterocycles. The molecule has 0 saturated heterocycles. The number of nitrogens with zero attached hydrogens (tertiary/aromatic N) is 3. The molecular weight excluding hydrogens is 368 g/mol. The van der Waals surface area contributed by atoms with Gasteiger partial charge in [0.1, 0.15) is 5.56 Å². The molecule has 1 N–H and O–H groups in total. The van der Waals surface area contributed by atoms with Crippen molar-refractivity contribution < 1.29 is 9.53 Å². The Kier molecular flexibility index (Phi) is 5.71. The van der Waals surface area contributed by atoms with Crippen molar-refractivity contribution in [2.45, 2.75) is 26.3 Å². The highest BCUT2D eigenvalue weighted by Crippen LogP contribution is 2.23. The normalized spacial score (nSPS) is 16.0. The Morgan fingerprint density at radius 3 is 2.89 bits per heavy atom. The number of hydrazone groups is 1. The fourth-order valence-electron chi connectivity index (χ4n) is 2.73. The number of carbonyl (C=O) groups is 1. The van der Waals surface area contributed by atoms with Crippen LogP contribution in [0.1, 0.15) is 48.1 Å². The number of fused-ring (bicyclic) bond motifs is 1. The van der Waals surface area contributed by atoms with Gasteiger partial charge in [-0.25, -0.2) is 9.78 Å². The van der Waals surface area contributed by atoms with Gasteiger partial charge in [-0.05, 0) is 38.0 Å². The summed E-state index contributed by atoms with van der Waals surface area (Å²) < 4.78 is 6.42. The lowest BCUT2D eigenvalue weighted by molar-refractivity contribution is 0.0522. The molecule has 1 atom stereocenters. The predicted molar refractivity (Wildman–Crippen MR) is 104 cm³/mol. The van der Waals surface area contributed by atoms with E-state index in [0.717, 1.165) is 5.56 Å². The zero-order valence-electron chi connectivity index (χ0n) is 15.0. The average molecular weight is 387 g/mol. The topological polar surface area (TPSA) is 85.6 Å². The van der Waals surface area contributed by atoms with Crippen LogP contribution in [0.4, 0.5) is 0 Å². The van der Waals surface area contributed by atoms with E-state index in [1.165, 1.54) is 10.8 Å². The Hall–Kier alpha value is -2.93. The largest absolute Gasteiger partial charge is 0.462 e. The first kappa shape index (κ1) is 18.8. The van der Waals surface area contributed by atoms with Gasteiger partial charge < -0.3 is 4.74 Å². The van der Waals surface area contributed by atoms with Crippen molar-refractivity contribution >= 4 is 29.5 Å². The quantitative estimate of drug-likeness (QED) is 0.485. The third kappa shape index (κ3) is 4.09. The molecule has 1 aliphatic rings. The lowest BCUT2D eigenvalue weighted by Gasteiger charge is -2.24. The molecule has 27 heavy (non-hydrogen) atoms. The minimum atomic E-state index is -0.665. The van der Waals surface area contributed by atoms with Gasteiger partial charge in [0.05, 0.1) is 18.5 Å². The van der Waals surface area contributed by atoms with E-state index in [1.807, 2.05) is 25.1 Å². The molecule has 0 bridgehead atoms. The van der Waals surface area contributed by atoms with Crippen LogP contribution in [0.2, 0.25) is 5.02 Å². The van der Waals surface area contributed by atoms with Gasteiger partial charge in [0, 0.05) is 17.3 Å². The summed E-state index contributed by atoms with van der Waals surface area (Å²) in [6.45, 7) is 3.78. The van der Waals surface area contributed by atoms with Crippen LogP contribution >= 0.6 is 11.6 Å². The van der Waals surface area contributed by atoms with E-state index in [1.54, 1.807) is 25.3 Å². The predicted octanol–water partition coefficient (Wildman–Crippen LogP) is 3.00. The van der Waals surface area contributed by atoms with E-state index in [9.17, 15) is 9.59 Å². The molecule has 1 aromatic heterocycles. The van der Waals surface area contributed by atoms with Crippen LogP contribution in [0, 0.1) is 0 Å². The highest BCUT2D eigenvalue weighted by atomic mass is 35.5. The van der Waals surface area contributed by atoms with Gasteiger partial charge in [-0.1, -0.05) is 29.8 Å². The molecular formula is C19H19ClN4O3. The van der Waals surface area contributed by atoms with E-state index >= 15 is 0 Å². The Bertz CT molecular complexity index is 964. The van der Waals surface area contributed by atoms with Crippen molar-refractivity contribution in [1.82, 2.24) is 15.0 Å². The van der Waals surface area contributed by atoms with Crippen molar-refractivity contribution in [3.05, 3.63) is 68.9 Å². The lowest BCUT2D eigenvalue weighted by Crippen LogP contribution is -2.35. The number of allylic oxidation sites excluding steroid dienone is 1. The standard InChI is InChI=1S/C19H19ClN4O3/c1-3-27-19(26)15-11-21-17-16(9-4-12(2)24(17)18(15)25)23-22-10-13-5-7-14(20)8-6-13/h5-12,23H,3-4H2,1-2H3/b22-10+. The Balaban J connectivity index is 1.86. The first-order chi connectivity index (χ1) is 13.0. The number of halogens is 1. The number of esters is 1. The molecule has 1 aromatic carbocycles. The van der Waals surface area contributed by atoms with Gasteiger partial charge in [-0.3, -0.25) is 14.8 Å². The van der Waals surface area contributed by atoms with Crippen LogP contribution in [0.15, 0.2) is 46.4 Å². The van der Waals surface area contributed by atoms with Crippen LogP contribution in [-0.4, -0.2) is 28.3 Å². The fourth-order valence-corrected chi connectivity index (χ4v) is 2.86. The number of ether oxygens (including phenoxy) is 1. The van der Waals surface area contributed by atoms with Crippen molar-refractivity contribution in [2.24, 2.45) is 5.10 Å². The second kappa shape index (κ2) is 8.18. The maximum absolute atomic E-state index is 12.7. The fraction of sp³-hybridized carbons (Fsp3) is 0.263. The van der Waals surface area contributed by atoms with Gasteiger partial charge >= 0.3 is 5.97 Å². The first-order valence-corrected chi connectivity index (χ1v) is 8.93. The molecule has 0 aliphatic carbocycles. The molecule has 0 spiro atoms. The van der Waals surface area contributed by atoms with Crippen molar-refractivity contribution in [1.29, 1.82) is 0 Å². The maximum Gasteiger partial charge on any atom is 0.345 e. The van der Waals surface area contributed by atoms with Crippen molar-refractivity contribution in [2.75, 3.05) is 6.61 Å². The summed E-state index contributed by atoms with van der Waals surface area (Å²) in [5.74, 6) is -0.234. The Morgan fingerprint density at radius 1 is 1.44 bits per heavy atom. The van der Waals surface area contributed by atoms with Crippen LogP contribution in [0.5, 0.6) is 0 Å². The van der Waals surface area contributed by atoms with Gasteiger partial charge in [0.15, 0.2) is 5.82 Å². The average Bonchev–Trinajstić information content (AvgIpc) is 2.65. The Labute approximate surface area is 161 Å². The minimum absolute atomic E-state index is 0.0710. The minimum Gasteiger partial charge on any atom is -0.462 e. The Morgan fingerprint density at radius 2 is 2.19 bits per heavy atom. The lowest BCUT2D eigenvalue weighted by atomic mass is 10.1. The van der Waals surface area contributed by atoms with Crippen LogP contribution in [-0.2, 0) is 4.74 Å². The van der Waals surface area contributed by atoms with Gasteiger partial charge in [0.2, 0.25) is 0 Å². The number of aromatic nitrogens is 2. The summed E-state index contributed by atoms with van der Waals surface area (Å²) >= 11 is 5.86. The van der Waals surface area contributed by atoms with E-state index in [0.29, 0.717) is 23.0 Å². The number of rotatable bonds is 5. The second-order valence-corrected chi connectivity index (χ2v) is 6.45. The highest BCUT2D eigenvalue weighted by Gasteiger charge is 2.24. The summed E-state index contributed by atoms with van der Waals surface area (Å²) in [6, 6.07) is 7.11. The molecule has 8 heteroatoms. The summed E-state index contributed by atoms with van der Waals surface area (Å²) in [7, 11) is 0. The molecule has 2 heterocycles. The van der Waals surface area contributed by atoms with Gasteiger partial charge in [-0.15, -0.1) is 0 Å². The van der Waals surface area contributed by atoms with Gasteiger partial charge in [-0.2, -0.15) is 5.10 Å². The number of nitrogens with one attached hydrogen (secondary N) is 1. The van der Waals surface area contributed by atoms with E-state index in [2.05, 4.69) is 15.5 Å². The molecule has 1 unspecified atom stereocenters. The number of hydrogen-bond donors (Lipinski definition) is 1. The van der Waals surface area contributed by atoms with Crippen LogP contribution < -0.4 is 11.0 Å². The highest BCUT2D eigenvalue weighted by molar-refractivity contribution is 6.30. The number of benzene rings is 1. The monoisotopic (exact) mass is 386 g/mol. The summed E-state index contributed by atoms with van der Waals surface area (Å²) in [4.78, 5) is 29.0. The zero-order valence-corrected chi connectivity index (χ0v) is 15.7. The molecule has 0 radical (unpaired) electrons. The molecule has 7 nitrogen and oxygen atoms in total. The summed E-state index contributed by atoms with van der Waals surface area (Å²) in [6.07, 6.45) is 5.43. The molecule has 0 amide bonds. The van der Waals surface area contributed by atoms with E-state index < -0.39 is 11.5 Å². The zero-order chi connectivity index (χ0) is 19.4. The third-order valence-corrected chi connectivity index (χ3v) is 4.35. The smallest absolute Gasteiger partial charge is 0.345 e. The summed E-state index contributed by atoms with van der Waals surface area (Å²) in [5, 5.41) is 4.85. The summed E-state index contributed by atoms with van der Waals surface area (Å²) in [5.41, 5.74) is 3.91. The van der Waals surface area contributed by atoms with Crippen LogP contribution in [0.25, 0.3) is 5.70 Å². The maximum atomic E-state index is 12.7. The number of hydrogen-bond acceptors (Lipinski definition) is 6. The molecule has 3 rings (SSSR count). The van der Waals surface area contributed by atoms with Gasteiger partial charge in [0.25, 0.3) is 5.56 Å². The first-order valence-electron chi connectivity index (χ1n) is 8.55. The second-order valence-electron chi connectivity index (χ2n) is 6.02. The van der Waals surface area contributed by atoms with E-state index in [4.69, 9.17) is 16.3 Å². The number of carbonyl (C=O) groups excluding carboxylic acids is 1. The molecule has 0 saturated carbocycles. The van der Waals surface area contributed by atoms with Crippen molar-refractivity contribution in [3.63, 3.8) is 0 Å². The van der Waals surface area contributed by atoms with Crippen LogP contribution in [0.3, 0.4) is 0 Å².